The second-order valence-electron chi connectivity index (χ2n) is 3.20. The second-order valence-corrected chi connectivity index (χ2v) is 3.20. The third-order valence-corrected chi connectivity index (χ3v) is 2.41. The Balaban J connectivity index is 2.40. The number of nitrogens with zero attached hydrogens (tertiary/aromatic N) is 2. The zero-order chi connectivity index (χ0) is 8.55. The van der Waals surface area contributed by atoms with Gasteiger partial charge in [0.1, 0.15) is 5.82 Å². The molecule has 1 atom stereocenters. The Morgan fingerprint density at radius 3 is 3.17 bits per heavy atom. The molecule has 0 fully saturated rings. The van der Waals surface area contributed by atoms with E-state index in [1.807, 2.05) is 20.2 Å². The van der Waals surface area contributed by atoms with Crippen molar-refractivity contribution in [3.63, 3.8) is 0 Å². The lowest BCUT2D eigenvalue weighted by atomic mass is 10.2. The minimum Gasteiger partial charge on any atom is -0.313 e. The van der Waals surface area contributed by atoms with E-state index >= 15 is 0 Å². The summed E-state index contributed by atoms with van der Waals surface area (Å²) >= 11 is 0. The molecule has 0 saturated carbocycles. The van der Waals surface area contributed by atoms with Gasteiger partial charge in [-0.1, -0.05) is 0 Å². The van der Waals surface area contributed by atoms with E-state index in [1.165, 1.54) is 11.3 Å². The molecule has 0 radical (unpaired) electrons. The minimum atomic E-state index is 0.473. The average Bonchev–Trinajstić information content (AvgIpc) is 2.46. The molecule has 1 aliphatic rings. The predicted molar refractivity (Wildman–Crippen MR) is 46.9 cm³/mol. The molecule has 0 aliphatic heterocycles. The standard InChI is InChI=1S/C9H13N3/c1-6-11-5-7-8(10-2)3-4-9(7)12-6/h5,8,10H,3-4H2,1-2H3. The number of aromatic nitrogens is 2. The first kappa shape index (κ1) is 7.68. The lowest BCUT2D eigenvalue weighted by Crippen LogP contribution is -2.13. The number of hydrogen-bond donors (Lipinski definition) is 1. The summed E-state index contributed by atoms with van der Waals surface area (Å²) in [4.78, 5) is 8.60. The number of aryl methyl sites for hydroxylation is 2. The molecule has 0 bridgehead atoms. The van der Waals surface area contributed by atoms with Crippen LogP contribution >= 0.6 is 0 Å². The van der Waals surface area contributed by atoms with Crippen molar-refractivity contribution in [1.82, 2.24) is 15.3 Å². The Labute approximate surface area is 72.2 Å². The van der Waals surface area contributed by atoms with Crippen LogP contribution in [-0.2, 0) is 6.42 Å². The van der Waals surface area contributed by atoms with Crippen LogP contribution in [-0.4, -0.2) is 17.0 Å². The molecular weight excluding hydrogens is 150 g/mol. The lowest BCUT2D eigenvalue weighted by molar-refractivity contribution is 0.589. The summed E-state index contributed by atoms with van der Waals surface area (Å²) in [5.74, 6) is 0.880. The van der Waals surface area contributed by atoms with E-state index in [-0.39, 0.29) is 0 Å². The van der Waals surface area contributed by atoms with Crippen LogP contribution in [0.3, 0.4) is 0 Å². The summed E-state index contributed by atoms with van der Waals surface area (Å²) in [6.45, 7) is 1.94. The second kappa shape index (κ2) is 2.83. The molecule has 3 heteroatoms. The molecule has 1 heterocycles. The van der Waals surface area contributed by atoms with Crippen LogP contribution < -0.4 is 5.32 Å². The zero-order valence-corrected chi connectivity index (χ0v) is 7.46. The lowest BCUT2D eigenvalue weighted by Gasteiger charge is -2.08. The minimum absolute atomic E-state index is 0.473. The molecule has 1 N–H and O–H groups in total. The Kier molecular flexibility index (Phi) is 1.81. The monoisotopic (exact) mass is 163 g/mol. The normalized spacial score (nSPS) is 21.0. The van der Waals surface area contributed by atoms with E-state index in [0.717, 1.165) is 18.7 Å². The van der Waals surface area contributed by atoms with E-state index < -0.39 is 0 Å². The highest BCUT2D eigenvalue weighted by molar-refractivity contribution is 5.26. The molecule has 64 valence electrons. The highest BCUT2D eigenvalue weighted by Crippen LogP contribution is 2.28. The quantitative estimate of drug-likeness (QED) is 0.671. The first-order valence-electron chi connectivity index (χ1n) is 4.31. The number of nitrogens with one attached hydrogen (secondary N) is 1. The summed E-state index contributed by atoms with van der Waals surface area (Å²) < 4.78 is 0. The van der Waals surface area contributed by atoms with Crippen LogP contribution in [0, 0.1) is 6.92 Å². The van der Waals surface area contributed by atoms with Gasteiger partial charge < -0.3 is 5.32 Å². The van der Waals surface area contributed by atoms with E-state index in [9.17, 15) is 0 Å². The molecule has 1 aromatic rings. The fraction of sp³-hybridized carbons (Fsp3) is 0.556. The van der Waals surface area contributed by atoms with Crippen LogP contribution in [0.25, 0.3) is 0 Å². The van der Waals surface area contributed by atoms with Gasteiger partial charge in [0.2, 0.25) is 0 Å². The topological polar surface area (TPSA) is 37.8 Å². The van der Waals surface area contributed by atoms with Crippen molar-refractivity contribution in [2.24, 2.45) is 0 Å². The van der Waals surface area contributed by atoms with E-state index in [4.69, 9.17) is 0 Å². The van der Waals surface area contributed by atoms with Gasteiger partial charge in [-0.3, -0.25) is 0 Å². The van der Waals surface area contributed by atoms with Crippen LogP contribution in [0.4, 0.5) is 0 Å². The Hall–Kier alpha value is -0.960. The van der Waals surface area contributed by atoms with Gasteiger partial charge in [-0.25, -0.2) is 9.97 Å². The van der Waals surface area contributed by atoms with Crippen molar-refractivity contribution in [1.29, 1.82) is 0 Å². The van der Waals surface area contributed by atoms with Gasteiger partial charge in [-0.15, -0.1) is 0 Å². The van der Waals surface area contributed by atoms with Crippen LogP contribution in [0.5, 0.6) is 0 Å². The number of rotatable bonds is 1. The smallest absolute Gasteiger partial charge is 0.125 e. The SMILES string of the molecule is CNC1CCc2nc(C)ncc21. The summed E-state index contributed by atoms with van der Waals surface area (Å²) in [6.07, 6.45) is 4.19. The molecule has 1 aromatic heterocycles. The van der Waals surface area contributed by atoms with Crippen LogP contribution in [0.15, 0.2) is 6.20 Å². The van der Waals surface area contributed by atoms with Gasteiger partial charge in [0.25, 0.3) is 0 Å². The highest BCUT2D eigenvalue weighted by atomic mass is 14.9. The fourth-order valence-electron chi connectivity index (χ4n) is 1.75. The fourth-order valence-corrected chi connectivity index (χ4v) is 1.75. The van der Waals surface area contributed by atoms with Gasteiger partial charge in [0, 0.05) is 23.5 Å². The van der Waals surface area contributed by atoms with Gasteiger partial charge in [-0.2, -0.15) is 0 Å². The number of fused-ring (bicyclic) bond motifs is 1. The molecule has 2 rings (SSSR count). The Bertz CT molecular complexity index is 296. The van der Waals surface area contributed by atoms with Crippen molar-refractivity contribution in [3.05, 3.63) is 23.3 Å². The van der Waals surface area contributed by atoms with Crippen molar-refractivity contribution < 1.29 is 0 Å². The molecule has 1 aliphatic carbocycles. The summed E-state index contributed by atoms with van der Waals surface area (Å²) in [6, 6.07) is 0.473. The van der Waals surface area contributed by atoms with Gasteiger partial charge >= 0.3 is 0 Å². The summed E-state index contributed by atoms with van der Waals surface area (Å²) in [7, 11) is 1.99. The van der Waals surface area contributed by atoms with Crippen molar-refractivity contribution in [3.8, 4) is 0 Å². The third-order valence-electron chi connectivity index (χ3n) is 2.41. The molecule has 0 aromatic carbocycles. The maximum absolute atomic E-state index is 4.40. The molecule has 0 spiro atoms. The largest absolute Gasteiger partial charge is 0.313 e. The number of hydrogen-bond acceptors (Lipinski definition) is 3. The maximum atomic E-state index is 4.40. The van der Waals surface area contributed by atoms with Crippen LogP contribution in [0.1, 0.15) is 29.5 Å². The van der Waals surface area contributed by atoms with E-state index in [0.29, 0.717) is 6.04 Å². The molecule has 0 amide bonds. The first-order chi connectivity index (χ1) is 5.81. The molecule has 1 unspecified atom stereocenters. The molecular formula is C9H13N3. The maximum Gasteiger partial charge on any atom is 0.125 e. The first-order valence-corrected chi connectivity index (χ1v) is 4.31. The van der Waals surface area contributed by atoms with Gasteiger partial charge in [0.05, 0.1) is 0 Å². The molecule has 12 heavy (non-hydrogen) atoms. The Morgan fingerprint density at radius 1 is 1.58 bits per heavy atom. The average molecular weight is 163 g/mol. The van der Waals surface area contributed by atoms with Gasteiger partial charge in [-0.05, 0) is 26.8 Å². The summed E-state index contributed by atoms with van der Waals surface area (Å²) in [5, 5.41) is 3.26. The van der Waals surface area contributed by atoms with Gasteiger partial charge in [0.15, 0.2) is 0 Å². The van der Waals surface area contributed by atoms with Crippen molar-refractivity contribution >= 4 is 0 Å². The van der Waals surface area contributed by atoms with Crippen molar-refractivity contribution in [2.45, 2.75) is 25.8 Å². The van der Waals surface area contributed by atoms with Crippen LogP contribution in [0.2, 0.25) is 0 Å². The molecule has 3 nitrogen and oxygen atoms in total. The van der Waals surface area contributed by atoms with Crippen molar-refractivity contribution in [2.75, 3.05) is 7.05 Å². The van der Waals surface area contributed by atoms with E-state index in [2.05, 4.69) is 15.3 Å². The highest BCUT2D eigenvalue weighted by Gasteiger charge is 2.22. The summed E-state index contributed by atoms with van der Waals surface area (Å²) in [5.41, 5.74) is 2.50. The zero-order valence-electron chi connectivity index (χ0n) is 7.46. The predicted octanol–water partition coefficient (Wildman–Crippen LogP) is 0.992. The molecule has 0 saturated heterocycles. The van der Waals surface area contributed by atoms with E-state index in [1.54, 1.807) is 0 Å². The third kappa shape index (κ3) is 1.10. The Morgan fingerprint density at radius 2 is 2.42 bits per heavy atom.